The van der Waals surface area contributed by atoms with Gasteiger partial charge < -0.3 is 10.0 Å². The normalized spacial score (nSPS) is 45.6. The van der Waals surface area contributed by atoms with Gasteiger partial charge in [-0.3, -0.25) is 0 Å². The van der Waals surface area contributed by atoms with Crippen molar-refractivity contribution in [3.05, 3.63) is 0 Å². The van der Waals surface area contributed by atoms with Gasteiger partial charge in [0.05, 0.1) is 0 Å². The molecule has 1 aliphatic carbocycles. The fourth-order valence-corrected chi connectivity index (χ4v) is 2.44. The first kappa shape index (κ1) is 6.62. The highest BCUT2D eigenvalue weighted by Gasteiger charge is 2.53. The fraction of sp³-hybridized carbons (Fsp3) is 1.00. The van der Waals surface area contributed by atoms with Gasteiger partial charge in [-0.15, -0.1) is 0 Å². The number of rotatable bonds is 2. The van der Waals surface area contributed by atoms with Crippen LogP contribution in [0.3, 0.4) is 0 Å². The fourth-order valence-electron chi connectivity index (χ4n) is 2.44. The molecule has 2 rings (SSSR count). The van der Waals surface area contributed by atoms with Crippen LogP contribution in [0, 0.1) is 17.8 Å². The summed E-state index contributed by atoms with van der Waals surface area (Å²) in [7, 11) is 2.18. The maximum Gasteiger partial charge on any atom is 0.0433 e. The molecule has 0 aromatic heterocycles. The predicted octanol–water partition coefficient (Wildman–Crippen LogP) is 0.176. The number of fused-ring (bicyclic) bond motifs is 1. The summed E-state index contributed by atoms with van der Waals surface area (Å²) < 4.78 is 0. The zero-order valence-corrected chi connectivity index (χ0v) is 6.45. The van der Waals surface area contributed by atoms with E-state index in [4.69, 9.17) is 5.11 Å². The maximum atomic E-state index is 8.68. The van der Waals surface area contributed by atoms with Gasteiger partial charge in [-0.05, 0) is 31.2 Å². The average Bonchev–Trinajstić information content (AvgIpc) is 2.43. The van der Waals surface area contributed by atoms with Crippen molar-refractivity contribution in [3.63, 3.8) is 0 Å². The Morgan fingerprint density at radius 3 is 2.50 bits per heavy atom. The van der Waals surface area contributed by atoms with Crippen LogP contribution in [0.5, 0.6) is 0 Å². The summed E-state index contributed by atoms with van der Waals surface area (Å²) in [5.41, 5.74) is 0. The van der Waals surface area contributed by atoms with Crippen molar-refractivity contribution in [1.82, 2.24) is 4.90 Å². The van der Waals surface area contributed by atoms with Gasteiger partial charge in [0, 0.05) is 19.7 Å². The topological polar surface area (TPSA) is 23.5 Å². The number of aliphatic hydroxyl groups is 1. The van der Waals surface area contributed by atoms with Crippen LogP contribution < -0.4 is 0 Å². The molecule has 58 valence electrons. The van der Waals surface area contributed by atoms with Gasteiger partial charge in [0.1, 0.15) is 0 Å². The third-order valence-electron chi connectivity index (χ3n) is 3.02. The summed E-state index contributed by atoms with van der Waals surface area (Å²) >= 11 is 0. The summed E-state index contributed by atoms with van der Waals surface area (Å²) in [4.78, 5) is 2.39. The Hall–Kier alpha value is -0.0800. The van der Waals surface area contributed by atoms with E-state index in [0.717, 1.165) is 24.2 Å². The molecule has 1 aliphatic heterocycles. The summed E-state index contributed by atoms with van der Waals surface area (Å²) in [6.07, 6.45) is 1.04. The van der Waals surface area contributed by atoms with E-state index < -0.39 is 0 Å². The summed E-state index contributed by atoms with van der Waals surface area (Å²) in [5, 5.41) is 8.68. The van der Waals surface area contributed by atoms with Crippen molar-refractivity contribution in [2.45, 2.75) is 6.42 Å². The number of hydrogen-bond acceptors (Lipinski definition) is 2. The van der Waals surface area contributed by atoms with Crippen molar-refractivity contribution in [3.8, 4) is 0 Å². The summed E-state index contributed by atoms with van der Waals surface area (Å²) in [5.74, 6) is 2.76. The smallest absolute Gasteiger partial charge is 0.0433 e. The van der Waals surface area contributed by atoms with Crippen molar-refractivity contribution >= 4 is 0 Å². The summed E-state index contributed by atoms with van der Waals surface area (Å²) in [6.45, 7) is 2.94. The van der Waals surface area contributed by atoms with Crippen molar-refractivity contribution in [2.75, 3.05) is 26.7 Å². The van der Waals surface area contributed by atoms with E-state index in [-0.39, 0.29) is 0 Å². The van der Waals surface area contributed by atoms with Gasteiger partial charge in [0.15, 0.2) is 0 Å². The van der Waals surface area contributed by atoms with Crippen LogP contribution in [-0.2, 0) is 0 Å². The molecule has 1 N–H and O–H groups in total. The first-order valence-electron chi connectivity index (χ1n) is 4.12. The highest BCUT2D eigenvalue weighted by molar-refractivity contribution is 5.03. The monoisotopic (exact) mass is 141 g/mol. The van der Waals surface area contributed by atoms with E-state index in [9.17, 15) is 0 Å². The molecular weight excluding hydrogens is 126 g/mol. The van der Waals surface area contributed by atoms with E-state index in [0.29, 0.717) is 6.61 Å². The number of likely N-dealkylation sites (tertiary alicyclic amines) is 1. The van der Waals surface area contributed by atoms with Gasteiger partial charge >= 0.3 is 0 Å². The van der Waals surface area contributed by atoms with Crippen LogP contribution >= 0.6 is 0 Å². The van der Waals surface area contributed by atoms with Gasteiger partial charge in [-0.2, -0.15) is 0 Å². The second kappa shape index (κ2) is 2.21. The van der Waals surface area contributed by atoms with Crippen molar-refractivity contribution < 1.29 is 5.11 Å². The lowest BCUT2D eigenvalue weighted by atomic mass is 10.2. The molecule has 1 unspecified atom stereocenters. The maximum absolute atomic E-state index is 8.68. The van der Waals surface area contributed by atoms with Crippen LogP contribution in [0.2, 0.25) is 0 Å². The Morgan fingerprint density at radius 1 is 1.40 bits per heavy atom. The summed E-state index contributed by atoms with van der Waals surface area (Å²) in [6, 6.07) is 0. The number of hydrogen-bond donors (Lipinski definition) is 1. The highest BCUT2D eigenvalue weighted by Crippen LogP contribution is 2.52. The minimum Gasteiger partial charge on any atom is -0.396 e. The highest BCUT2D eigenvalue weighted by atomic mass is 16.3. The second-order valence-electron chi connectivity index (χ2n) is 3.73. The zero-order chi connectivity index (χ0) is 7.14. The van der Waals surface area contributed by atoms with Crippen LogP contribution in [0.25, 0.3) is 0 Å². The molecule has 2 heteroatoms. The number of nitrogens with zero attached hydrogens (tertiary/aromatic N) is 1. The first-order chi connectivity index (χ1) is 4.83. The second-order valence-corrected chi connectivity index (χ2v) is 3.73. The van der Waals surface area contributed by atoms with E-state index >= 15 is 0 Å². The molecule has 0 bridgehead atoms. The van der Waals surface area contributed by atoms with Crippen LogP contribution in [0.15, 0.2) is 0 Å². The molecule has 0 aromatic carbocycles. The lowest BCUT2D eigenvalue weighted by Crippen LogP contribution is -2.19. The SMILES string of the molecule is CN1CC2[C@@H](CCO)[C@@H]2C1. The molecule has 1 saturated heterocycles. The Labute approximate surface area is 61.8 Å². The number of piperidine rings is 1. The Bertz CT molecular complexity index is 118. The minimum atomic E-state index is 0.390. The molecule has 0 aromatic rings. The molecule has 10 heavy (non-hydrogen) atoms. The molecule has 0 spiro atoms. The third kappa shape index (κ3) is 0.867. The van der Waals surface area contributed by atoms with E-state index in [1.54, 1.807) is 0 Å². The molecule has 2 aliphatic rings. The van der Waals surface area contributed by atoms with E-state index in [1.165, 1.54) is 13.1 Å². The third-order valence-corrected chi connectivity index (χ3v) is 3.02. The molecule has 2 nitrogen and oxygen atoms in total. The minimum absolute atomic E-state index is 0.390. The van der Waals surface area contributed by atoms with Gasteiger partial charge in [-0.25, -0.2) is 0 Å². The van der Waals surface area contributed by atoms with Crippen LogP contribution in [0.4, 0.5) is 0 Å². The average molecular weight is 141 g/mol. The molecule has 3 atom stereocenters. The lowest BCUT2D eigenvalue weighted by Gasteiger charge is -2.11. The lowest BCUT2D eigenvalue weighted by molar-refractivity contribution is 0.258. The van der Waals surface area contributed by atoms with Gasteiger partial charge in [0.25, 0.3) is 0 Å². The molecule has 1 saturated carbocycles. The van der Waals surface area contributed by atoms with E-state index in [2.05, 4.69) is 11.9 Å². The first-order valence-corrected chi connectivity index (χ1v) is 4.12. The predicted molar refractivity (Wildman–Crippen MR) is 39.7 cm³/mol. The Morgan fingerprint density at radius 2 is 2.00 bits per heavy atom. The number of aliphatic hydroxyl groups excluding tert-OH is 1. The largest absolute Gasteiger partial charge is 0.396 e. The molecule has 0 amide bonds. The van der Waals surface area contributed by atoms with Gasteiger partial charge in [-0.1, -0.05) is 0 Å². The Balaban J connectivity index is 1.81. The van der Waals surface area contributed by atoms with Crippen molar-refractivity contribution in [2.24, 2.45) is 17.8 Å². The Kier molecular flexibility index (Phi) is 1.46. The zero-order valence-electron chi connectivity index (χ0n) is 6.45. The molecule has 0 radical (unpaired) electrons. The molecule has 2 fully saturated rings. The molecular formula is C8H15NO. The van der Waals surface area contributed by atoms with E-state index in [1.807, 2.05) is 0 Å². The quantitative estimate of drug-likeness (QED) is 0.593. The van der Waals surface area contributed by atoms with Crippen LogP contribution in [-0.4, -0.2) is 36.8 Å². The standard InChI is InChI=1S/C8H15NO/c1-9-4-7-6(2-3-10)8(7)5-9/h6-8,10H,2-5H2,1H3/t6-,7-,8?/m0/s1. The molecule has 1 heterocycles. The van der Waals surface area contributed by atoms with Crippen molar-refractivity contribution in [1.29, 1.82) is 0 Å². The van der Waals surface area contributed by atoms with Crippen LogP contribution in [0.1, 0.15) is 6.42 Å². The van der Waals surface area contributed by atoms with Gasteiger partial charge in [0.2, 0.25) is 0 Å².